The predicted octanol–water partition coefficient (Wildman–Crippen LogP) is 3.15. The summed E-state index contributed by atoms with van der Waals surface area (Å²) in [4.78, 5) is 47.6. The van der Waals surface area contributed by atoms with Crippen molar-refractivity contribution in [3.05, 3.63) is 25.3 Å². The van der Waals surface area contributed by atoms with Gasteiger partial charge in [0.2, 0.25) is 17.7 Å². The van der Waals surface area contributed by atoms with Crippen LogP contribution in [0.3, 0.4) is 0 Å². The van der Waals surface area contributed by atoms with Gasteiger partial charge in [0.15, 0.2) is 0 Å². The van der Waals surface area contributed by atoms with Crippen LogP contribution in [0.1, 0.15) is 72.1 Å². The number of carbonyl (C=O) groups is 3. The Morgan fingerprint density at radius 2 is 1.70 bits per heavy atom. The molecule has 2 bridgehead atoms. The van der Waals surface area contributed by atoms with Gasteiger partial charge in [-0.1, -0.05) is 32.4 Å². The first kappa shape index (κ1) is 29.4. The van der Waals surface area contributed by atoms with Crippen LogP contribution >= 0.6 is 0 Å². The largest absolute Gasteiger partial charge is 0.396 e. The molecular weight excluding hydrogens is 470 g/mol. The fourth-order valence-electron chi connectivity index (χ4n) is 6.78. The number of unbranched alkanes of at least 4 members (excludes halogenated alkanes) is 3. The number of likely N-dealkylation sites (tertiary alicyclic amines) is 1. The van der Waals surface area contributed by atoms with E-state index in [0.29, 0.717) is 58.4 Å². The normalized spacial score (nSPS) is 29.9. The molecule has 0 aliphatic carbocycles. The number of ether oxygens (including phenoxy) is 1. The molecule has 0 aromatic carbocycles. The first-order chi connectivity index (χ1) is 17.8. The second kappa shape index (κ2) is 12.6. The zero-order chi connectivity index (χ0) is 27.2. The second-order valence-corrected chi connectivity index (χ2v) is 11.0. The van der Waals surface area contributed by atoms with Gasteiger partial charge in [0.25, 0.3) is 0 Å². The monoisotopic (exact) mass is 517 g/mol. The predicted molar refractivity (Wildman–Crippen MR) is 144 cm³/mol. The zero-order valence-electron chi connectivity index (χ0n) is 23.1. The summed E-state index contributed by atoms with van der Waals surface area (Å²) in [7, 11) is 0. The summed E-state index contributed by atoms with van der Waals surface area (Å²) in [5, 5.41) is 9.22. The molecular formula is C29H47N3O5. The lowest BCUT2D eigenvalue weighted by molar-refractivity contribution is -0.153. The van der Waals surface area contributed by atoms with Crippen molar-refractivity contribution in [2.75, 3.05) is 39.3 Å². The Morgan fingerprint density at radius 3 is 2.30 bits per heavy atom. The maximum absolute atomic E-state index is 14.2. The fourth-order valence-corrected chi connectivity index (χ4v) is 6.78. The minimum absolute atomic E-state index is 0.0774. The molecule has 3 aliphatic heterocycles. The van der Waals surface area contributed by atoms with Gasteiger partial charge in [-0.3, -0.25) is 14.4 Å². The Labute approximate surface area is 222 Å². The van der Waals surface area contributed by atoms with Crippen molar-refractivity contribution in [3.63, 3.8) is 0 Å². The Balaban J connectivity index is 2.02. The Kier molecular flexibility index (Phi) is 9.98. The first-order valence-corrected chi connectivity index (χ1v) is 14.2. The molecule has 1 N–H and O–H groups in total. The van der Waals surface area contributed by atoms with Crippen molar-refractivity contribution < 1.29 is 24.2 Å². The molecule has 3 amide bonds. The lowest BCUT2D eigenvalue weighted by Crippen LogP contribution is -2.56. The lowest BCUT2D eigenvalue weighted by atomic mass is 9.66. The van der Waals surface area contributed by atoms with Gasteiger partial charge in [0, 0.05) is 39.3 Å². The summed E-state index contributed by atoms with van der Waals surface area (Å²) in [6, 6.07) is -0.755. The topological polar surface area (TPSA) is 90.4 Å². The molecule has 0 radical (unpaired) electrons. The highest BCUT2D eigenvalue weighted by Crippen LogP contribution is 2.63. The number of aliphatic hydroxyl groups excluding tert-OH is 1. The summed E-state index contributed by atoms with van der Waals surface area (Å²) in [6.07, 6.45) is 9.38. The number of hydrogen-bond donors (Lipinski definition) is 1. The smallest absolute Gasteiger partial charge is 0.248 e. The van der Waals surface area contributed by atoms with Crippen molar-refractivity contribution in [1.82, 2.24) is 14.7 Å². The van der Waals surface area contributed by atoms with Crippen LogP contribution in [0, 0.1) is 11.8 Å². The highest BCUT2D eigenvalue weighted by Gasteiger charge is 2.78. The maximum atomic E-state index is 14.2. The van der Waals surface area contributed by atoms with Gasteiger partial charge in [-0.2, -0.15) is 0 Å². The van der Waals surface area contributed by atoms with Crippen LogP contribution in [0.2, 0.25) is 0 Å². The number of nitrogens with zero attached hydrogens (tertiary/aromatic N) is 3. The third-order valence-electron chi connectivity index (χ3n) is 8.43. The molecule has 0 saturated carbocycles. The molecule has 3 heterocycles. The van der Waals surface area contributed by atoms with Gasteiger partial charge in [-0.05, 0) is 51.9 Å². The molecule has 3 fully saturated rings. The Morgan fingerprint density at radius 1 is 1.03 bits per heavy atom. The summed E-state index contributed by atoms with van der Waals surface area (Å²) in [6.45, 7) is 16.2. The highest BCUT2D eigenvalue weighted by atomic mass is 16.5. The number of hydrogen-bond acceptors (Lipinski definition) is 5. The average Bonchev–Trinajstić information content (AvgIpc) is 3.44. The van der Waals surface area contributed by atoms with E-state index >= 15 is 0 Å². The minimum Gasteiger partial charge on any atom is -0.396 e. The van der Waals surface area contributed by atoms with E-state index in [1.165, 1.54) is 0 Å². The van der Waals surface area contributed by atoms with E-state index in [1.807, 2.05) is 13.8 Å². The SMILES string of the molecule is C=CCN(CCCC)C(=O)C1N(CCCCCO)C(=O)[C@@H]2[C@H](C(=O)N(CC=C)CCC)[C@]3(C)CCC12O3. The van der Waals surface area contributed by atoms with E-state index in [2.05, 4.69) is 20.1 Å². The third-order valence-corrected chi connectivity index (χ3v) is 8.43. The summed E-state index contributed by atoms with van der Waals surface area (Å²) >= 11 is 0. The van der Waals surface area contributed by atoms with E-state index in [1.54, 1.807) is 26.9 Å². The molecule has 2 unspecified atom stereocenters. The molecule has 208 valence electrons. The summed E-state index contributed by atoms with van der Waals surface area (Å²) < 4.78 is 6.76. The summed E-state index contributed by atoms with van der Waals surface area (Å²) in [5.74, 6) is -1.63. The molecule has 0 aromatic rings. The minimum atomic E-state index is -1.00. The van der Waals surface area contributed by atoms with Crippen molar-refractivity contribution in [2.45, 2.75) is 89.4 Å². The van der Waals surface area contributed by atoms with Crippen LogP contribution in [0.15, 0.2) is 25.3 Å². The van der Waals surface area contributed by atoms with E-state index < -0.39 is 29.1 Å². The molecule has 3 rings (SSSR count). The van der Waals surface area contributed by atoms with Gasteiger partial charge in [0.1, 0.15) is 11.6 Å². The molecule has 3 aliphatic rings. The van der Waals surface area contributed by atoms with Crippen molar-refractivity contribution in [1.29, 1.82) is 0 Å². The van der Waals surface area contributed by atoms with Gasteiger partial charge in [-0.15, -0.1) is 13.2 Å². The molecule has 1 spiro atoms. The van der Waals surface area contributed by atoms with E-state index in [9.17, 15) is 19.5 Å². The quantitative estimate of drug-likeness (QED) is 0.251. The molecule has 37 heavy (non-hydrogen) atoms. The van der Waals surface area contributed by atoms with Crippen LogP contribution < -0.4 is 0 Å². The van der Waals surface area contributed by atoms with E-state index in [4.69, 9.17) is 4.74 Å². The molecule has 5 atom stereocenters. The first-order valence-electron chi connectivity index (χ1n) is 14.2. The van der Waals surface area contributed by atoms with Crippen molar-refractivity contribution >= 4 is 17.7 Å². The molecule has 8 heteroatoms. The number of rotatable bonds is 16. The van der Waals surface area contributed by atoms with Gasteiger partial charge >= 0.3 is 0 Å². The number of carbonyl (C=O) groups excluding carboxylic acids is 3. The van der Waals surface area contributed by atoms with Crippen molar-refractivity contribution in [2.24, 2.45) is 11.8 Å². The van der Waals surface area contributed by atoms with Crippen LogP contribution in [0.25, 0.3) is 0 Å². The molecule has 0 aromatic heterocycles. The van der Waals surface area contributed by atoms with Crippen LogP contribution in [-0.2, 0) is 19.1 Å². The number of amides is 3. The lowest BCUT2D eigenvalue weighted by Gasteiger charge is -2.37. The number of fused-ring (bicyclic) bond motifs is 1. The van der Waals surface area contributed by atoms with Gasteiger partial charge in [0.05, 0.1) is 17.4 Å². The average molecular weight is 518 g/mol. The molecule has 8 nitrogen and oxygen atoms in total. The maximum Gasteiger partial charge on any atom is 0.248 e. The van der Waals surface area contributed by atoms with Crippen molar-refractivity contribution in [3.8, 4) is 0 Å². The van der Waals surface area contributed by atoms with Crippen LogP contribution in [-0.4, -0.2) is 94.1 Å². The molecule has 3 saturated heterocycles. The van der Waals surface area contributed by atoms with Crippen LogP contribution in [0.5, 0.6) is 0 Å². The van der Waals surface area contributed by atoms with Gasteiger partial charge in [-0.25, -0.2) is 0 Å². The third kappa shape index (κ3) is 5.37. The number of aliphatic hydroxyl groups is 1. The van der Waals surface area contributed by atoms with Crippen LogP contribution in [0.4, 0.5) is 0 Å². The summed E-state index contributed by atoms with van der Waals surface area (Å²) in [5.41, 5.74) is -1.78. The van der Waals surface area contributed by atoms with E-state index in [-0.39, 0.29) is 24.3 Å². The zero-order valence-corrected chi connectivity index (χ0v) is 23.1. The Bertz CT molecular complexity index is 862. The highest BCUT2D eigenvalue weighted by molar-refractivity contribution is 5.99. The second-order valence-electron chi connectivity index (χ2n) is 11.0. The van der Waals surface area contributed by atoms with E-state index in [0.717, 1.165) is 25.7 Å². The Hall–Kier alpha value is -2.19. The van der Waals surface area contributed by atoms with Gasteiger partial charge < -0.3 is 24.5 Å². The fraction of sp³-hybridized carbons (Fsp3) is 0.759. The standard InChI is InChI=1S/C29H47N3O5/c1-6-10-19-31(18-9-4)27(36)24-29-15-14-28(5,37-29)22(25(34)30(16-7-2)17-8-3)23(29)26(35)32(24)20-12-11-13-21-33/h7,9,22-24,33H,2,4,6,8,10-21H2,1,3,5H3/t22-,23+,24?,28+,29?/m1/s1.